The minimum Gasteiger partial charge on any atom is -0.350 e. The van der Waals surface area contributed by atoms with Crippen LogP contribution in [-0.4, -0.2) is 20.0 Å². The van der Waals surface area contributed by atoms with E-state index in [0.717, 1.165) is 6.42 Å². The Labute approximate surface area is 109 Å². The van der Waals surface area contributed by atoms with Crippen LogP contribution < -0.4 is 10.5 Å². The van der Waals surface area contributed by atoms with Crippen LogP contribution in [0.4, 0.5) is 0 Å². The first-order valence-electron chi connectivity index (χ1n) is 6.63. The molecule has 3 atom stereocenters. The lowest BCUT2D eigenvalue weighted by Gasteiger charge is -2.35. The van der Waals surface area contributed by atoms with Crippen molar-refractivity contribution in [2.75, 3.05) is 0 Å². The van der Waals surface area contributed by atoms with Gasteiger partial charge in [-0.15, -0.1) is 0 Å². The average molecular weight is 257 g/mol. The molecule has 1 N–H and O–H groups in total. The van der Waals surface area contributed by atoms with Gasteiger partial charge in [-0.2, -0.15) is 0 Å². The monoisotopic (exact) mass is 257 g/mol. The van der Waals surface area contributed by atoms with Crippen molar-refractivity contribution in [3.05, 3.63) is 42.5 Å². The maximum atomic E-state index is 12.0. The predicted octanol–water partition coefficient (Wildman–Crippen LogP) is 2.05. The van der Waals surface area contributed by atoms with Gasteiger partial charge in [0.2, 0.25) is 5.91 Å². The first-order valence-corrected chi connectivity index (χ1v) is 9.71. The van der Waals surface area contributed by atoms with Gasteiger partial charge in [0, 0.05) is 12.0 Å². The Bertz CT molecular complexity index is 494. The Kier molecular flexibility index (Phi) is 2.66. The Morgan fingerprint density at radius 3 is 2.61 bits per heavy atom. The third kappa shape index (κ3) is 1.74. The molecule has 1 heterocycles. The highest BCUT2D eigenvalue weighted by Gasteiger charge is 2.46. The quantitative estimate of drug-likeness (QED) is 0.637. The molecule has 1 aliphatic heterocycles. The van der Waals surface area contributed by atoms with Gasteiger partial charge in [0.25, 0.3) is 0 Å². The van der Waals surface area contributed by atoms with Crippen molar-refractivity contribution < 1.29 is 4.79 Å². The van der Waals surface area contributed by atoms with E-state index in [2.05, 4.69) is 60.9 Å². The lowest BCUT2D eigenvalue weighted by atomic mass is 9.95. The highest BCUT2D eigenvalue weighted by molar-refractivity contribution is 6.91. The van der Waals surface area contributed by atoms with Crippen molar-refractivity contribution in [2.24, 2.45) is 5.92 Å². The van der Waals surface area contributed by atoms with Crippen LogP contribution in [0.3, 0.4) is 0 Å². The Hall–Kier alpha value is -1.35. The predicted molar refractivity (Wildman–Crippen MR) is 76.5 cm³/mol. The van der Waals surface area contributed by atoms with Gasteiger partial charge in [0.1, 0.15) is 0 Å². The van der Waals surface area contributed by atoms with E-state index >= 15 is 0 Å². The summed E-state index contributed by atoms with van der Waals surface area (Å²) < 4.78 is 0. The number of benzene rings is 1. The fourth-order valence-electron chi connectivity index (χ4n) is 3.36. The van der Waals surface area contributed by atoms with Gasteiger partial charge in [-0.25, -0.2) is 0 Å². The van der Waals surface area contributed by atoms with E-state index in [1.165, 1.54) is 5.19 Å². The summed E-state index contributed by atoms with van der Waals surface area (Å²) in [5, 5.41) is 4.51. The molecular weight excluding hydrogens is 238 g/mol. The molecule has 0 aromatic heterocycles. The number of hydrogen-bond acceptors (Lipinski definition) is 1. The molecule has 3 heteroatoms. The van der Waals surface area contributed by atoms with Gasteiger partial charge in [0.05, 0.1) is 8.07 Å². The number of carbonyl (C=O) groups excluding carboxylic acids is 1. The van der Waals surface area contributed by atoms with E-state index in [-0.39, 0.29) is 11.8 Å². The third-order valence-electron chi connectivity index (χ3n) is 4.51. The second-order valence-corrected chi connectivity index (χ2v) is 10.6. The molecule has 1 aromatic carbocycles. The van der Waals surface area contributed by atoms with Gasteiger partial charge in [0.15, 0.2) is 0 Å². The van der Waals surface area contributed by atoms with E-state index in [9.17, 15) is 4.79 Å². The molecule has 18 heavy (non-hydrogen) atoms. The van der Waals surface area contributed by atoms with Gasteiger partial charge in [-0.3, -0.25) is 4.79 Å². The minimum atomic E-state index is -1.63. The summed E-state index contributed by atoms with van der Waals surface area (Å²) in [6.45, 7) is 4.76. The van der Waals surface area contributed by atoms with Crippen LogP contribution in [0.15, 0.2) is 42.5 Å². The average Bonchev–Trinajstić information content (AvgIpc) is 2.65. The molecule has 0 radical (unpaired) electrons. The van der Waals surface area contributed by atoms with E-state index in [1.54, 1.807) is 0 Å². The molecule has 94 valence electrons. The first kappa shape index (κ1) is 11.7. The zero-order valence-electron chi connectivity index (χ0n) is 10.9. The zero-order chi connectivity index (χ0) is 12.8. The highest BCUT2D eigenvalue weighted by atomic mass is 28.3. The molecule has 0 unspecified atom stereocenters. The van der Waals surface area contributed by atoms with Crippen molar-refractivity contribution in [1.82, 2.24) is 5.32 Å². The van der Waals surface area contributed by atoms with Gasteiger partial charge in [-0.1, -0.05) is 60.8 Å². The van der Waals surface area contributed by atoms with E-state index < -0.39 is 8.07 Å². The van der Waals surface area contributed by atoms with Gasteiger partial charge < -0.3 is 5.32 Å². The molecule has 2 aliphatic rings. The Morgan fingerprint density at radius 1 is 1.17 bits per heavy atom. The maximum absolute atomic E-state index is 12.0. The molecule has 1 aliphatic carbocycles. The molecule has 2 nitrogen and oxygen atoms in total. The number of rotatable bonds is 2. The van der Waals surface area contributed by atoms with Crippen molar-refractivity contribution >= 4 is 19.2 Å². The first-order chi connectivity index (χ1) is 8.59. The second kappa shape index (κ2) is 4.09. The number of allylic oxidation sites excluding steroid dienone is 1. The number of nitrogens with one attached hydrogen (secondary N) is 1. The van der Waals surface area contributed by atoms with E-state index in [0.29, 0.717) is 11.6 Å². The number of amides is 1. The molecule has 2 bridgehead atoms. The second-order valence-electron chi connectivity index (χ2n) is 5.96. The number of hydrogen-bond donors (Lipinski definition) is 1. The van der Waals surface area contributed by atoms with Gasteiger partial charge in [-0.05, 0) is 12.0 Å². The maximum Gasteiger partial charge on any atom is 0.223 e. The number of carbonyl (C=O) groups is 1. The van der Waals surface area contributed by atoms with Crippen LogP contribution in [0.1, 0.15) is 6.42 Å². The van der Waals surface area contributed by atoms with Gasteiger partial charge >= 0.3 is 0 Å². The summed E-state index contributed by atoms with van der Waals surface area (Å²) in [7, 11) is -1.63. The topological polar surface area (TPSA) is 29.1 Å². The summed E-state index contributed by atoms with van der Waals surface area (Å²) >= 11 is 0. The van der Waals surface area contributed by atoms with Crippen molar-refractivity contribution in [1.29, 1.82) is 0 Å². The summed E-state index contributed by atoms with van der Waals surface area (Å²) in [6, 6.07) is 11.0. The van der Waals surface area contributed by atoms with Crippen LogP contribution in [0, 0.1) is 5.92 Å². The lowest BCUT2D eigenvalue weighted by Crippen LogP contribution is -2.49. The van der Waals surface area contributed by atoms with E-state index in [1.807, 2.05) is 0 Å². The molecule has 1 saturated heterocycles. The zero-order valence-corrected chi connectivity index (χ0v) is 11.9. The molecule has 1 amide bonds. The molecule has 0 spiro atoms. The highest BCUT2D eigenvalue weighted by Crippen LogP contribution is 2.40. The van der Waals surface area contributed by atoms with Crippen LogP contribution in [0.5, 0.6) is 0 Å². The molecule has 1 aromatic rings. The van der Waals surface area contributed by atoms with Crippen molar-refractivity contribution in [2.45, 2.75) is 31.1 Å². The van der Waals surface area contributed by atoms with Crippen molar-refractivity contribution in [3.8, 4) is 0 Å². The normalized spacial score (nSPS) is 30.3. The van der Waals surface area contributed by atoms with Crippen LogP contribution in [-0.2, 0) is 4.79 Å². The molecular formula is C15H19NOSi. The van der Waals surface area contributed by atoms with Crippen molar-refractivity contribution in [3.63, 3.8) is 0 Å². The summed E-state index contributed by atoms with van der Waals surface area (Å²) in [6.07, 6.45) is 5.49. The third-order valence-corrected chi connectivity index (χ3v) is 8.59. The standard InChI is InChI=1S/C15H19NOSi/c1-18(2,12-6-4-3-5-7-12)14-9-8-11-10-13(14)15(17)16-11/h3-9,11,13-14H,10H2,1-2H3,(H,16,17)/t11-,13-,14-/m0/s1. The molecule has 3 rings (SSSR count). The van der Waals surface area contributed by atoms with Crippen LogP contribution in [0.2, 0.25) is 18.6 Å². The SMILES string of the molecule is C[Si](C)(c1ccccc1)[C@H]1C=C[C@H]2C[C@@H]1C(=O)N2. The lowest BCUT2D eigenvalue weighted by molar-refractivity contribution is -0.122. The molecule has 1 fully saturated rings. The van der Waals surface area contributed by atoms with E-state index in [4.69, 9.17) is 0 Å². The molecule has 0 saturated carbocycles. The largest absolute Gasteiger partial charge is 0.350 e. The Balaban J connectivity index is 1.97. The summed E-state index contributed by atoms with van der Waals surface area (Å²) in [5.41, 5.74) is 0.429. The minimum absolute atomic E-state index is 0.196. The fraction of sp³-hybridized carbons (Fsp3) is 0.400. The fourth-order valence-corrected chi connectivity index (χ4v) is 6.68. The summed E-state index contributed by atoms with van der Waals surface area (Å²) in [4.78, 5) is 12.0. The van der Waals surface area contributed by atoms with Crippen LogP contribution >= 0.6 is 0 Å². The number of fused-ring (bicyclic) bond motifs is 2. The Morgan fingerprint density at radius 2 is 1.89 bits per heavy atom. The smallest absolute Gasteiger partial charge is 0.223 e. The van der Waals surface area contributed by atoms with Crippen LogP contribution in [0.25, 0.3) is 0 Å². The summed E-state index contributed by atoms with van der Waals surface area (Å²) in [5.74, 6) is 0.452.